The van der Waals surface area contributed by atoms with Crippen LogP contribution in [0.15, 0.2) is 42.5 Å². The summed E-state index contributed by atoms with van der Waals surface area (Å²) in [6.45, 7) is 5.50. The average molecular weight is 303 g/mol. The first-order chi connectivity index (χ1) is 10.3. The van der Waals surface area contributed by atoms with Crippen LogP contribution in [0.5, 0.6) is 0 Å². The number of amides is 1. The van der Waals surface area contributed by atoms with E-state index in [0.29, 0.717) is 6.42 Å². The second kappa shape index (κ2) is 6.22. The highest BCUT2D eigenvalue weighted by atomic mass is 16.5. The lowest BCUT2D eigenvalue weighted by Crippen LogP contribution is -2.56. The van der Waals surface area contributed by atoms with Gasteiger partial charge >= 0.3 is 12.1 Å². The number of hydrogen-bond acceptors (Lipinski definition) is 3. The number of cyclic esters (lactones) is 1. The maximum Gasteiger partial charge on any atom is 0.408 e. The molecule has 1 heterocycles. The van der Waals surface area contributed by atoms with Crippen LogP contribution in [0.3, 0.4) is 0 Å². The molecule has 0 saturated heterocycles. The zero-order valence-corrected chi connectivity index (χ0v) is 13.0. The van der Waals surface area contributed by atoms with Crippen molar-refractivity contribution in [2.24, 2.45) is 0 Å². The van der Waals surface area contributed by atoms with Crippen molar-refractivity contribution >= 4 is 12.1 Å². The van der Waals surface area contributed by atoms with E-state index in [1.165, 1.54) is 11.0 Å². The van der Waals surface area contributed by atoms with Crippen LogP contribution in [0.25, 0.3) is 0 Å². The second-order valence-corrected chi connectivity index (χ2v) is 6.34. The third kappa shape index (κ3) is 3.67. The molecule has 0 aliphatic carbocycles. The van der Waals surface area contributed by atoms with Gasteiger partial charge in [-0.05, 0) is 38.8 Å². The Balaban J connectivity index is 2.34. The van der Waals surface area contributed by atoms with Crippen molar-refractivity contribution in [3.05, 3.63) is 48.0 Å². The molecule has 0 bridgehead atoms. The zero-order valence-electron chi connectivity index (χ0n) is 13.0. The zero-order chi connectivity index (χ0) is 16.3. The quantitative estimate of drug-likeness (QED) is 0.869. The third-order valence-electron chi connectivity index (χ3n) is 3.60. The first-order valence-electron chi connectivity index (χ1n) is 7.24. The molecule has 0 fully saturated rings. The SMILES string of the molecule is CC(C)(C)N(C(=O)O)[C@@H](Cc1ccccc1)[C@@H]1C=CC(=O)O1. The molecule has 1 amide bonds. The number of carbonyl (C=O) groups excluding carboxylic acids is 1. The van der Waals surface area contributed by atoms with E-state index in [1.54, 1.807) is 6.08 Å². The van der Waals surface area contributed by atoms with Gasteiger partial charge in [-0.2, -0.15) is 0 Å². The third-order valence-corrected chi connectivity index (χ3v) is 3.60. The van der Waals surface area contributed by atoms with E-state index in [9.17, 15) is 14.7 Å². The minimum absolute atomic E-state index is 0.428. The lowest BCUT2D eigenvalue weighted by Gasteiger charge is -2.41. The summed E-state index contributed by atoms with van der Waals surface area (Å²) in [7, 11) is 0. The molecule has 0 aromatic heterocycles. The van der Waals surface area contributed by atoms with E-state index in [-0.39, 0.29) is 0 Å². The Morgan fingerprint density at radius 3 is 2.41 bits per heavy atom. The molecular weight excluding hydrogens is 282 g/mol. The summed E-state index contributed by atoms with van der Waals surface area (Å²) >= 11 is 0. The molecule has 2 atom stereocenters. The highest BCUT2D eigenvalue weighted by Gasteiger charge is 2.39. The molecule has 118 valence electrons. The maximum atomic E-state index is 11.8. The lowest BCUT2D eigenvalue weighted by atomic mass is 9.95. The largest absolute Gasteiger partial charge is 0.465 e. The molecule has 22 heavy (non-hydrogen) atoms. The number of nitrogens with zero attached hydrogens (tertiary/aromatic N) is 1. The Labute approximate surface area is 130 Å². The highest BCUT2D eigenvalue weighted by Crippen LogP contribution is 2.26. The number of esters is 1. The van der Waals surface area contributed by atoms with Crippen LogP contribution in [0.1, 0.15) is 26.3 Å². The number of carbonyl (C=O) groups is 2. The van der Waals surface area contributed by atoms with Crippen molar-refractivity contribution in [1.29, 1.82) is 0 Å². The van der Waals surface area contributed by atoms with E-state index >= 15 is 0 Å². The van der Waals surface area contributed by atoms with Crippen LogP contribution < -0.4 is 0 Å². The molecule has 1 aromatic rings. The Bertz CT molecular complexity index is 574. The summed E-state index contributed by atoms with van der Waals surface area (Å²) < 4.78 is 5.27. The predicted octanol–water partition coefficient (Wildman–Crippen LogP) is 2.86. The Morgan fingerprint density at radius 2 is 1.95 bits per heavy atom. The molecule has 5 heteroatoms. The van der Waals surface area contributed by atoms with Gasteiger partial charge < -0.3 is 9.84 Å². The van der Waals surface area contributed by atoms with Crippen LogP contribution in [0.4, 0.5) is 4.79 Å². The molecule has 0 radical (unpaired) electrons. The van der Waals surface area contributed by atoms with Gasteiger partial charge in [-0.3, -0.25) is 4.90 Å². The molecule has 1 N–H and O–H groups in total. The molecule has 2 rings (SSSR count). The summed E-state index contributed by atoms with van der Waals surface area (Å²) in [4.78, 5) is 24.5. The molecular formula is C17H21NO4. The van der Waals surface area contributed by atoms with E-state index in [2.05, 4.69) is 0 Å². The maximum absolute atomic E-state index is 11.8. The molecule has 1 aliphatic heterocycles. The Morgan fingerprint density at radius 1 is 1.32 bits per heavy atom. The van der Waals surface area contributed by atoms with Gasteiger partial charge in [-0.1, -0.05) is 30.3 Å². The summed E-state index contributed by atoms with van der Waals surface area (Å²) in [6.07, 6.45) is 1.88. The molecule has 5 nitrogen and oxygen atoms in total. The number of rotatable bonds is 4. The van der Waals surface area contributed by atoms with Crippen molar-refractivity contribution < 1.29 is 19.4 Å². The lowest BCUT2D eigenvalue weighted by molar-refractivity contribution is -0.141. The van der Waals surface area contributed by atoms with E-state index in [4.69, 9.17) is 4.74 Å². The van der Waals surface area contributed by atoms with Gasteiger partial charge in [-0.25, -0.2) is 9.59 Å². The number of carboxylic acid groups (broad SMARTS) is 1. The van der Waals surface area contributed by atoms with E-state index in [1.807, 2.05) is 51.1 Å². The van der Waals surface area contributed by atoms with Crippen LogP contribution in [-0.2, 0) is 16.0 Å². The van der Waals surface area contributed by atoms with Gasteiger partial charge in [0.25, 0.3) is 0 Å². The minimum Gasteiger partial charge on any atom is -0.465 e. The van der Waals surface area contributed by atoms with E-state index in [0.717, 1.165) is 5.56 Å². The van der Waals surface area contributed by atoms with Crippen LogP contribution >= 0.6 is 0 Å². The highest BCUT2D eigenvalue weighted by molar-refractivity contribution is 5.84. The predicted molar refractivity (Wildman–Crippen MR) is 82.6 cm³/mol. The van der Waals surface area contributed by atoms with Crippen molar-refractivity contribution in [2.45, 2.75) is 44.9 Å². The molecule has 0 spiro atoms. The summed E-state index contributed by atoms with van der Waals surface area (Å²) in [5.41, 5.74) is 0.396. The van der Waals surface area contributed by atoms with Crippen molar-refractivity contribution in [2.75, 3.05) is 0 Å². The average Bonchev–Trinajstić information content (AvgIpc) is 2.84. The van der Waals surface area contributed by atoms with Crippen molar-refractivity contribution in [3.63, 3.8) is 0 Å². The van der Waals surface area contributed by atoms with Gasteiger partial charge in [0.2, 0.25) is 0 Å². The van der Waals surface area contributed by atoms with Crippen LogP contribution in [-0.4, -0.2) is 39.8 Å². The van der Waals surface area contributed by atoms with Gasteiger partial charge in [0, 0.05) is 11.6 Å². The summed E-state index contributed by atoms with van der Waals surface area (Å²) in [5, 5.41) is 9.64. The molecule has 1 aromatic carbocycles. The number of ether oxygens (including phenoxy) is 1. The van der Waals surface area contributed by atoms with Gasteiger partial charge in [0.05, 0.1) is 6.04 Å². The standard InChI is InChI=1S/C17H21NO4/c1-17(2,3)18(16(20)21)13(14-9-10-15(19)22-14)11-12-7-5-4-6-8-12/h4-10,13-14H,11H2,1-3H3,(H,20,21)/t13-,14-/m0/s1. The number of hydrogen-bond donors (Lipinski definition) is 1. The van der Waals surface area contributed by atoms with Gasteiger partial charge in [0.1, 0.15) is 6.10 Å². The fourth-order valence-electron chi connectivity index (χ4n) is 2.73. The number of benzene rings is 1. The molecule has 0 saturated carbocycles. The molecule has 1 aliphatic rings. The summed E-state index contributed by atoms with van der Waals surface area (Å²) in [6, 6.07) is 9.14. The van der Waals surface area contributed by atoms with Crippen LogP contribution in [0.2, 0.25) is 0 Å². The second-order valence-electron chi connectivity index (χ2n) is 6.34. The first-order valence-corrected chi connectivity index (χ1v) is 7.24. The van der Waals surface area contributed by atoms with Gasteiger partial charge in [0.15, 0.2) is 0 Å². The Hall–Kier alpha value is -2.30. The summed E-state index contributed by atoms with van der Waals surface area (Å²) in [5.74, 6) is -0.428. The normalized spacial score (nSPS) is 18.9. The van der Waals surface area contributed by atoms with E-state index < -0.39 is 29.7 Å². The Kier molecular flexibility index (Phi) is 4.54. The monoisotopic (exact) mass is 303 g/mol. The van der Waals surface area contributed by atoms with Crippen LogP contribution in [0, 0.1) is 0 Å². The first kappa shape index (κ1) is 16.1. The van der Waals surface area contributed by atoms with Crippen molar-refractivity contribution in [3.8, 4) is 0 Å². The van der Waals surface area contributed by atoms with Crippen molar-refractivity contribution in [1.82, 2.24) is 4.90 Å². The molecule has 0 unspecified atom stereocenters. The smallest absolute Gasteiger partial charge is 0.408 e. The van der Waals surface area contributed by atoms with Gasteiger partial charge in [-0.15, -0.1) is 0 Å². The minimum atomic E-state index is -1.02. The topological polar surface area (TPSA) is 66.8 Å². The fraction of sp³-hybridized carbons (Fsp3) is 0.412. The fourth-order valence-corrected chi connectivity index (χ4v) is 2.73.